The number of fused-ring (bicyclic) bond motifs is 2. The molecule has 3 aromatic carbocycles. The van der Waals surface area contributed by atoms with Gasteiger partial charge in [0, 0.05) is 0 Å². The van der Waals surface area contributed by atoms with Crippen LogP contribution in [0, 0.1) is 6.08 Å². The minimum atomic E-state index is 0. The molecule has 0 unspecified atom stereocenters. The topological polar surface area (TPSA) is 0 Å². The predicted molar refractivity (Wildman–Crippen MR) is 94.9 cm³/mol. The Hall–Kier alpha value is -0.530. The minimum Gasteiger partial charge on any atom is -1.00 e. The third kappa shape index (κ3) is 8.03. The van der Waals surface area contributed by atoms with E-state index in [1.54, 1.807) is 23.3 Å². The Morgan fingerprint density at radius 1 is 0.958 bits per heavy atom. The summed E-state index contributed by atoms with van der Waals surface area (Å²) in [4.78, 5) is 0. The second-order valence-electron chi connectivity index (χ2n) is 5.38. The molecular weight excluding hydrogens is 430 g/mol. The molecule has 0 saturated heterocycles. The molecule has 3 aromatic rings. The van der Waals surface area contributed by atoms with Crippen LogP contribution in [0.5, 0.6) is 0 Å². The van der Waals surface area contributed by atoms with E-state index in [2.05, 4.69) is 92.0 Å². The van der Waals surface area contributed by atoms with Crippen molar-refractivity contribution in [1.82, 2.24) is 0 Å². The molecule has 0 aromatic heterocycles. The molecule has 4 heteroatoms. The van der Waals surface area contributed by atoms with Crippen LogP contribution in [-0.4, -0.2) is 5.43 Å². The second kappa shape index (κ2) is 12.8. The number of rotatable bonds is 0. The molecule has 124 valence electrons. The number of halogens is 2. The molecule has 0 nitrogen and oxygen atoms in total. The summed E-state index contributed by atoms with van der Waals surface area (Å²) in [6, 6.07) is 23.1. The van der Waals surface area contributed by atoms with E-state index in [9.17, 15) is 0 Å². The minimum absolute atomic E-state index is 0. The van der Waals surface area contributed by atoms with Gasteiger partial charge in [0.15, 0.2) is 0 Å². The smallest absolute Gasteiger partial charge is 0.0650 e. The first-order valence-electron chi connectivity index (χ1n) is 7.43. The summed E-state index contributed by atoms with van der Waals surface area (Å²) in [6.45, 7) is 4.62. The van der Waals surface area contributed by atoms with Crippen molar-refractivity contribution in [2.45, 2.75) is 19.5 Å². The SMILES string of the molecule is C[Si](C)=[Zr+2].[C-]1=Cc2ccccc2C1.[Cl-].[Cl-].c1ccc2[cH-]ccc2c1. The zero-order chi connectivity index (χ0) is 15.8. The van der Waals surface area contributed by atoms with Crippen molar-refractivity contribution in [3.8, 4) is 0 Å². The first-order chi connectivity index (χ1) is 10.7. The Bertz CT molecular complexity index is 744. The Morgan fingerprint density at radius 3 is 2.25 bits per heavy atom. The molecule has 0 aliphatic heterocycles. The van der Waals surface area contributed by atoms with E-state index in [1.807, 2.05) is 0 Å². The van der Waals surface area contributed by atoms with Crippen LogP contribution in [0.4, 0.5) is 0 Å². The van der Waals surface area contributed by atoms with Gasteiger partial charge in [0.1, 0.15) is 0 Å². The van der Waals surface area contributed by atoms with Gasteiger partial charge in [-0.2, -0.15) is 23.1 Å². The zero-order valence-electron chi connectivity index (χ0n) is 13.9. The molecule has 0 saturated carbocycles. The predicted octanol–water partition coefficient (Wildman–Crippen LogP) is -0.590. The third-order valence-corrected chi connectivity index (χ3v) is 3.15. The molecule has 0 radical (unpaired) electrons. The van der Waals surface area contributed by atoms with Crippen molar-refractivity contribution in [2.75, 3.05) is 0 Å². The van der Waals surface area contributed by atoms with Crippen molar-refractivity contribution in [2.24, 2.45) is 0 Å². The monoisotopic (exact) mass is 448 g/mol. The molecule has 0 fully saturated rings. The average molecular weight is 451 g/mol. The summed E-state index contributed by atoms with van der Waals surface area (Å²) in [7, 11) is 0. The second-order valence-corrected chi connectivity index (χ2v) is 14.8. The largest absolute Gasteiger partial charge is 1.00 e. The van der Waals surface area contributed by atoms with E-state index in [-0.39, 0.29) is 30.2 Å². The van der Waals surface area contributed by atoms with Gasteiger partial charge in [-0.05, 0) is 0 Å². The normalized spacial score (nSPS) is 10.2. The van der Waals surface area contributed by atoms with Crippen molar-refractivity contribution < 1.29 is 48.1 Å². The van der Waals surface area contributed by atoms with E-state index in [0.29, 0.717) is 0 Å². The Kier molecular flexibility index (Phi) is 12.5. The maximum absolute atomic E-state index is 3.16. The van der Waals surface area contributed by atoms with Crippen LogP contribution in [0.15, 0.2) is 66.7 Å². The van der Waals surface area contributed by atoms with Crippen LogP contribution in [-0.2, 0) is 29.8 Å². The molecule has 0 N–H and O–H groups in total. The van der Waals surface area contributed by atoms with Gasteiger partial charge >= 0.3 is 41.9 Å². The van der Waals surface area contributed by atoms with Crippen LogP contribution < -0.4 is 24.8 Å². The van der Waals surface area contributed by atoms with Gasteiger partial charge in [0.2, 0.25) is 0 Å². The number of hydrogen-bond acceptors (Lipinski definition) is 0. The summed E-state index contributed by atoms with van der Waals surface area (Å²) >= 11 is 1.74. The molecular formula is C20H20Cl2SiZr-2. The van der Waals surface area contributed by atoms with Gasteiger partial charge in [-0.1, -0.05) is 24.3 Å². The average Bonchev–Trinajstić information content (AvgIpc) is 3.16. The fourth-order valence-corrected chi connectivity index (χ4v) is 2.18. The van der Waals surface area contributed by atoms with Gasteiger partial charge < -0.3 is 24.8 Å². The molecule has 1 aliphatic carbocycles. The van der Waals surface area contributed by atoms with Crippen molar-refractivity contribution >= 4 is 22.3 Å². The molecule has 4 rings (SSSR count). The van der Waals surface area contributed by atoms with Crippen LogP contribution in [0.3, 0.4) is 0 Å². The van der Waals surface area contributed by atoms with Gasteiger partial charge in [-0.15, -0.1) is 47.7 Å². The van der Waals surface area contributed by atoms with E-state index in [4.69, 9.17) is 0 Å². The van der Waals surface area contributed by atoms with E-state index >= 15 is 0 Å². The van der Waals surface area contributed by atoms with Gasteiger partial charge in [-0.3, -0.25) is 6.08 Å². The zero-order valence-corrected chi connectivity index (χ0v) is 18.9. The van der Waals surface area contributed by atoms with Gasteiger partial charge in [0.25, 0.3) is 0 Å². The number of allylic oxidation sites excluding steroid dienone is 1. The molecule has 0 heterocycles. The van der Waals surface area contributed by atoms with Crippen LogP contribution in [0.2, 0.25) is 13.1 Å². The van der Waals surface area contributed by atoms with Crippen molar-refractivity contribution in [3.05, 3.63) is 83.9 Å². The van der Waals surface area contributed by atoms with Crippen molar-refractivity contribution in [1.29, 1.82) is 0 Å². The summed E-state index contributed by atoms with van der Waals surface area (Å²) in [5.41, 5.74) is 2.94. The van der Waals surface area contributed by atoms with Crippen LogP contribution >= 0.6 is 0 Å². The van der Waals surface area contributed by atoms with E-state index in [1.165, 1.54) is 21.9 Å². The third-order valence-electron chi connectivity index (χ3n) is 3.15. The number of benzene rings is 2. The summed E-state index contributed by atoms with van der Waals surface area (Å²) in [6.07, 6.45) is 6.21. The quantitative estimate of drug-likeness (QED) is 0.317. The molecule has 1 aliphatic rings. The summed E-state index contributed by atoms with van der Waals surface area (Å²) in [5, 5.41) is 2.66. The molecule has 0 bridgehead atoms. The van der Waals surface area contributed by atoms with Gasteiger partial charge in [-0.25, -0.2) is 6.08 Å². The Labute approximate surface area is 172 Å². The first kappa shape index (κ1) is 23.5. The van der Waals surface area contributed by atoms with E-state index < -0.39 is 0 Å². The van der Waals surface area contributed by atoms with Crippen LogP contribution in [0.25, 0.3) is 16.8 Å². The fraction of sp³-hybridized carbons (Fsp3) is 0.150. The first-order valence-corrected chi connectivity index (χ1v) is 13.6. The molecule has 0 spiro atoms. The summed E-state index contributed by atoms with van der Waals surface area (Å²) in [5.74, 6) is 0. The van der Waals surface area contributed by atoms with Crippen molar-refractivity contribution in [3.63, 3.8) is 0 Å². The van der Waals surface area contributed by atoms with Gasteiger partial charge in [0.05, 0.1) is 0 Å². The standard InChI is InChI=1S/2C9H7.C2H6Si.2ClH.Zr/c2*1-2-5-9-7-3-6-8(9)4-1;1-3-2;;;/h1-2,4-6H,7H2;1-7H;1-2H3;2*1H;/q2*-1;;;;+2/p-2. The summed E-state index contributed by atoms with van der Waals surface area (Å²) < 4.78 is 0. The van der Waals surface area contributed by atoms with E-state index in [0.717, 1.165) is 6.42 Å². The maximum atomic E-state index is 3.16. The Balaban J connectivity index is 0.000000341. The number of hydrogen-bond donors (Lipinski definition) is 0. The fourth-order valence-electron chi connectivity index (χ4n) is 2.18. The molecule has 0 amide bonds. The maximum Gasteiger partial charge on any atom is -0.0650 e. The Morgan fingerprint density at radius 2 is 1.58 bits per heavy atom. The molecule has 0 atom stereocenters. The van der Waals surface area contributed by atoms with Crippen LogP contribution in [0.1, 0.15) is 11.1 Å². The molecule has 24 heavy (non-hydrogen) atoms.